The minimum absolute atomic E-state index is 0.0891. The number of nitrogens with one attached hydrogen (secondary N) is 2. The lowest BCUT2D eigenvalue weighted by Gasteiger charge is -2.72. The molecule has 5 aliphatic carbocycles. The molecule has 0 aromatic carbocycles. The van der Waals surface area contributed by atoms with Gasteiger partial charge in [0.05, 0.1) is 12.8 Å². The summed E-state index contributed by atoms with van der Waals surface area (Å²) in [6.45, 7) is 19.1. The van der Waals surface area contributed by atoms with Crippen molar-refractivity contribution in [1.82, 2.24) is 10.6 Å². The number of hydrogen-bond donors (Lipinski definition) is 3. The van der Waals surface area contributed by atoms with E-state index in [9.17, 15) is 14.8 Å². The first-order chi connectivity index (χ1) is 20.6. The van der Waals surface area contributed by atoms with Gasteiger partial charge >= 0.3 is 12.0 Å². The number of carbonyl (C=O) groups is 2. The largest absolute Gasteiger partial charge is 0.467 e. The number of methoxy groups -OCH3 is 1. The van der Waals surface area contributed by atoms with Crippen molar-refractivity contribution in [2.24, 2.45) is 56.4 Å². The van der Waals surface area contributed by atoms with Crippen LogP contribution in [0.25, 0.3) is 0 Å². The monoisotopic (exact) mass is 629 g/mol. The molecule has 10 atom stereocenters. The number of oxime groups is 1. The lowest BCUT2D eigenvalue weighted by molar-refractivity contribution is -0.221. The fraction of sp³-hybridized carbons (Fsp3) is 0.861. The Morgan fingerprint density at radius 3 is 2.39 bits per heavy atom. The number of carbonyl (C=O) groups excluding carboxylic acids is 2. The van der Waals surface area contributed by atoms with Gasteiger partial charge in [0.1, 0.15) is 6.04 Å². The van der Waals surface area contributed by atoms with E-state index in [0.29, 0.717) is 36.0 Å². The molecule has 0 aromatic heterocycles. The molecule has 5 aliphatic rings. The number of rotatable bonds is 7. The summed E-state index contributed by atoms with van der Waals surface area (Å²) in [5.41, 5.74) is 2.42. The molecule has 0 saturated heterocycles. The number of hydrogen-bond acceptors (Lipinski definition) is 6. The number of esters is 1. The fourth-order valence-electron chi connectivity index (χ4n) is 12.4. The Hall–Kier alpha value is -1.70. The number of fused-ring (bicyclic) bond motifs is 7. The molecule has 7 nitrogen and oxygen atoms in total. The summed E-state index contributed by atoms with van der Waals surface area (Å²) in [7, 11) is 1.39. The quantitative estimate of drug-likeness (QED) is 0.115. The summed E-state index contributed by atoms with van der Waals surface area (Å²) in [4.78, 5) is 26.2. The molecule has 5 rings (SSSR count). The van der Waals surface area contributed by atoms with Crippen LogP contribution < -0.4 is 10.6 Å². The highest BCUT2D eigenvalue weighted by molar-refractivity contribution is 7.98. The van der Waals surface area contributed by atoms with Crippen LogP contribution in [-0.2, 0) is 9.53 Å². The maximum Gasteiger partial charge on any atom is 0.328 e. The summed E-state index contributed by atoms with van der Waals surface area (Å²) in [5.74, 6) is 2.76. The van der Waals surface area contributed by atoms with Gasteiger partial charge in [-0.2, -0.15) is 11.8 Å². The summed E-state index contributed by atoms with van der Waals surface area (Å²) >= 11 is 1.66. The maximum atomic E-state index is 13.7. The predicted molar refractivity (Wildman–Crippen MR) is 179 cm³/mol. The van der Waals surface area contributed by atoms with E-state index in [-0.39, 0.29) is 39.2 Å². The van der Waals surface area contributed by atoms with Crippen molar-refractivity contribution >= 4 is 29.5 Å². The van der Waals surface area contributed by atoms with E-state index in [1.165, 1.54) is 38.4 Å². The highest BCUT2D eigenvalue weighted by Crippen LogP contribution is 2.76. The minimum atomic E-state index is -0.643. The van der Waals surface area contributed by atoms with E-state index >= 15 is 0 Å². The van der Waals surface area contributed by atoms with Crippen molar-refractivity contribution in [3.05, 3.63) is 12.2 Å². The standard InChI is InChI=1S/C36H59N3O4S/c1-22(2)23-12-18-36(38-31(41)37-25(15-21-44-9)30(40)43-8)20-19-34(6)24(29(23)36)10-11-27-33(5)16-14-28(39-42)32(3,4)26(33)13-17-35(27,34)7/h23-27,29,42H,1,10-21H2,2-9H3,(H2,37,38,41)/b39-28+/t23?,24?,25-,26?,27?,29?,33+,34+,35-,36?/m1/s1. The molecule has 0 spiro atoms. The molecule has 248 valence electrons. The van der Waals surface area contributed by atoms with Crippen LogP contribution in [0.5, 0.6) is 0 Å². The molecule has 2 amide bonds. The molecule has 0 radical (unpaired) electrons. The third kappa shape index (κ3) is 4.94. The van der Waals surface area contributed by atoms with Crippen LogP contribution in [-0.4, -0.2) is 53.6 Å². The van der Waals surface area contributed by atoms with Crippen molar-refractivity contribution < 1.29 is 19.5 Å². The Balaban J connectivity index is 1.45. The molecule has 3 N–H and O–H groups in total. The molecule has 44 heavy (non-hydrogen) atoms. The minimum Gasteiger partial charge on any atom is -0.467 e. The van der Waals surface area contributed by atoms with Crippen LogP contribution >= 0.6 is 11.8 Å². The molecule has 0 bridgehead atoms. The number of ether oxygens (including phenoxy) is 1. The zero-order valence-electron chi connectivity index (χ0n) is 28.7. The number of nitrogens with zero attached hydrogens (tertiary/aromatic N) is 1. The van der Waals surface area contributed by atoms with Gasteiger partial charge in [0.25, 0.3) is 0 Å². The lowest BCUT2D eigenvalue weighted by atomic mass is 9.32. The molecule has 0 aromatic rings. The third-order valence-electron chi connectivity index (χ3n) is 14.7. The van der Waals surface area contributed by atoms with Crippen LogP contribution in [0.2, 0.25) is 0 Å². The maximum absolute atomic E-state index is 13.7. The van der Waals surface area contributed by atoms with Crippen molar-refractivity contribution in [3.63, 3.8) is 0 Å². The molecular formula is C36H59N3O4S. The molecule has 5 saturated carbocycles. The first-order valence-electron chi connectivity index (χ1n) is 17.2. The highest BCUT2D eigenvalue weighted by Gasteiger charge is 2.71. The highest BCUT2D eigenvalue weighted by atomic mass is 32.2. The molecule has 8 heteroatoms. The Kier molecular flexibility index (Phi) is 9.05. The summed E-state index contributed by atoms with van der Waals surface area (Å²) in [6, 6.07) is -0.882. The van der Waals surface area contributed by atoms with Gasteiger partial charge in [-0.25, -0.2) is 9.59 Å². The van der Waals surface area contributed by atoms with E-state index in [1.54, 1.807) is 11.8 Å². The third-order valence-corrected chi connectivity index (χ3v) is 15.4. The second-order valence-electron chi connectivity index (χ2n) is 16.6. The SMILES string of the molecule is C=C(C)C1CCC2(NC(=O)N[C@H](CCSC)C(=O)OC)CC[C@@]3(C)C(CCC4[C@@]5(C)CC/C(=N\O)C(C)(C)C5CC[C@]43C)C12. The van der Waals surface area contributed by atoms with Gasteiger partial charge in [-0.1, -0.05) is 51.9 Å². The number of thioether (sulfide) groups is 1. The average molecular weight is 630 g/mol. The molecule has 0 aliphatic heterocycles. The molecule has 5 fully saturated rings. The van der Waals surface area contributed by atoms with Crippen LogP contribution in [0.4, 0.5) is 4.79 Å². The van der Waals surface area contributed by atoms with Crippen molar-refractivity contribution in [2.45, 2.75) is 124 Å². The van der Waals surface area contributed by atoms with Gasteiger partial charge < -0.3 is 20.6 Å². The average Bonchev–Trinajstić information content (AvgIpc) is 3.34. The lowest BCUT2D eigenvalue weighted by Crippen LogP contribution is -2.69. The van der Waals surface area contributed by atoms with E-state index in [0.717, 1.165) is 50.0 Å². The zero-order chi connectivity index (χ0) is 32.3. The van der Waals surface area contributed by atoms with Crippen molar-refractivity contribution in [2.75, 3.05) is 19.1 Å². The Labute approximate surface area is 270 Å². The Morgan fingerprint density at radius 1 is 1.02 bits per heavy atom. The number of amides is 2. The van der Waals surface area contributed by atoms with Crippen LogP contribution in [0.3, 0.4) is 0 Å². The van der Waals surface area contributed by atoms with Gasteiger partial charge in [0, 0.05) is 11.0 Å². The van der Waals surface area contributed by atoms with Gasteiger partial charge in [0.15, 0.2) is 0 Å². The first kappa shape index (κ1) is 33.7. The van der Waals surface area contributed by atoms with Gasteiger partial charge in [-0.05, 0) is 135 Å². The smallest absolute Gasteiger partial charge is 0.328 e. The van der Waals surface area contributed by atoms with E-state index in [4.69, 9.17) is 4.74 Å². The molecule has 0 heterocycles. The van der Waals surface area contributed by atoms with Crippen molar-refractivity contribution in [3.8, 4) is 0 Å². The van der Waals surface area contributed by atoms with E-state index < -0.39 is 6.04 Å². The number of allylic oxidation sites excluding steroid dienone is 1. The zero-order valence-corrected chi connectivity index (χ0v) is 29.5. The normalized spacial score (nSPS) is 43.9. The van der Waals surface area contributed by atoms with Crippen LogP contribution in [0.15, 0.2) is 17.3 Å². The Morgan fingerprint density at radius 2 is 1.75 bits per heavy atom. The van der Waals surface area contributed by atoms with Crippen molar-refractivity contribution in [1.29, 1.82) is 0 Å². The second kappa shape index (κ2) is 11.8. The fourth-order valence-corrected chi connectivity index (χ4v) is 12.9. The van der Waals surface area contributed by atoms with E-state index in [1.807, 2.05) is 6.26 Å². The summed E-state index contributed by atoms with van der Waals surface area (Å²) in [5, 5.41) is 20.2. The van der Waals surface area contributed by atoms with Crippen LogP contribution in [0, 0.1) is 51.2 Å². The molecule has 6 unspecified atom stereocenters. The summed E-state index contributed by atoms with van der Waals surface area (Å²) < 4.78 is 5.03. The first-order valence-corrected chi connectivity index (χ1v) is 18.6. The van der Waals surface area contributed by atoms with E-state index in [2.05, 4.69) is 63.9 Å². The number of urea groups is 1. The van der Waals surface area contributed by atoms with Gasteiger partial charge in [0.2, 0.25) is 0 Å². The van der Waals surface area contributed by atoms with Gasteiger partial charge in [-0.15, -0.1) is 0 Å². The Bertz CT molecular complexity index is 1190. The second-order valence-corrected chi connectivity index (χ2v) is 17.6. The summed E-state index contributed by atoms with van der Waals surface area (Å²) in [6.07, 6.45) is 13.4. The van der Waals surface area contributed by atoms with Crippen LogP contribution in [0.1, 0.15) is 112 Å². The predicted octanol–water partition coefficient (Wildman–Crippen LogP) is 7.82. The van der Waals surface area contributed by atoms with Gasteiger partial charge in [-0.3, -0.25) is 0 Å². The topological polar surface area (TPSA) is 100 Å². The molecular weight excluding hydrogens is 570 g/mol.